The van der Waals surface area contributed by atoms with Crippen molar-refractivity contribution in [3.05, 3.63) is 41.0 Å². The highest BCUT2D eigenvalue weighted by molar-refractivity contribution is 8.14. The lowest BCUT2D eigenvalue weighted by Gasteiger charge is -2.05. The number of nitriles is 1. The summed E-state index contributed by atoms with van der Waals surface area (Å²) in [6.45, 7) is 4.96. The molecule has 108 valence electrons. The minimum absolute atomic E-state index is 0.0856. The Balaban J connectivity index is 2.12. The molecule has 1 aliphatic rings. The molecular weight excluding hydrogens is 282 g/mol. The predicted molar refractivity (Wildman–Crippen MR) is 87.0 cm³/mol. The van der Waals surface area contributed by atoms with E-state index in [0.717, 1.165) is 11.3 Å². The zero-order valence-corrected chi connectivity index (χ0v) is 12.9. The Morgan fingerprint density at radius 3 is 2.67 bits per heavy atom. The number of aliphatic imine (C=N–C) groups is 1. The highest BCUT2D eigenvalue weighted by Crippen LogP contribution is 2.16. The molecule has 5 heteroatoms. The maximum Gasteiger partial charge on any atom is 0.267 e. The number of carbonyl (C=O) groups is 1. The first-order chi connectivity index (χ1) is 10.1. The summed E-state index contributed by atoms with van der Waals surface area (Å²) in [5.74, 6) is 0.926. The number of nitrogens with zero attached hydrogens (tertiary/aromatic N) is 2. The van der Waals surface area contributed by atoms with E-state index in [1.807, 2.05) is 30.3 Å². The molecule has 2 rings (SSSR count). The smallest absolute Gasteiger partial charge is 0.267 e. The number of thioether (sulfide) groups is 1. The van der Waals surface area contributed by atoms with Crippen molar-refractivity contribution in [1.29, 1.82) is 5.26 Å². The van der Waals surface area contributed by atoms with Crippen molar-refractivity contribution in [3.8, 4) is 6.07 Å². The van der Waals surface area contributed by atoms with E-state index in [1.54, 1.807) is 6.08 Å². The van der Waals surface area contributed by atoms with Gasteiger partial charge in [-0.1, -0.05) is 49.9 Å². The third-order valence-corrected chi connectivity index (χ3v) is 3.98. The van der Waals surface area contributed by atoms with Crippen molar-refractivity contribution in [3.63, 3.8) is 0 Å². The van der Waals surface area contributed by atoms with Gasteiger partial charge in [0.2, 0.25) is 0 Å². The Kier molecular flexibility index (Phi) is 5.18. The van der Waals surface area contributed by atoms with Gasteiger partial charge in [-0.2, -0.15) is 5.26 Å². The zero-order valence-electron chi connectivity index (χ0n) is 12.1. The van der Waals surface area contributed by atoms with E-state index < -0.39 is 5.91 Å². The van der Waals surface area contributed by atoms with Gasteiger partial charge in [0.1, 0.15) is 11.6 Å². The van der Waals surface area contributed by atoms with E-state index in [1.165, 1.54) is 17.3 Å². The molecule has 21 heavy (non-hydrogen) atoms. The zero-order chi connectivity index (χ0) is 15.2. The molecule has 0 fully saturated rings. The number of carbonyl (C=O) groups excluding carboxylic acids is 1. The summed E-state index contributed by atoms with van der Waals surface area (Å²) in [5.41, 5.74) is 2.15. The van der Waals surface area contributed by atoms with Crippen LogP contribution in [0.5, 0.6) is 0 Å². The fraction of sp³-hybridized carbons (Fsp3) is 0.312. The summed E-state index contributed by atoms with van der Waals surface area (Å²) in [6.07, 6.45) is 1.60. The summed E-state index contributed by atoms with van der Waals surface area (Å²) < 4.78 is 0. The lowest BCUT2D eigenvalue weighted by atomic mass is 10.0. The van der Waals surface area contributed by atoms with Crippen molar-refractivity contribution >= 4 is 28.9 Å². The molecule has 1 aromatic rings. The quantitative estimate of drug-likeness (QED) is 0.689. The molecule has 0 saturated carbocycles. The normalized spacial score (nSPS) is 14.8. The van der Waals surface area contributed by atoms with Crippen molar-refractivity contribution in [2.75, 3.05) is 12.3 Å². The Morgan fingerprint density at radius 1 is 1.43 bits per heavy atom. The molecule has 0 radical (unpaired) electrons. The summed E-state index contributed by atoms with van der Waals surface area (Å²) in [4.78, 5) is 16.2. The number of rotatable bonds is 3. The average molecular weight is 299 g/mol. The molecule has 1 aliphatic heterocycles. The SMILES string of the molecule is CC(C)c1ccc(/C=C(\C#N)C(=O)NC2=NCCS2)cc1. The summed E-state index contributed by atoms with van der Waals surface area (Å²) >= 11 is 1.49. The van der Waals surface area contributed by atoms with Gasteiger partial charge >= 0.3 is 0 Å². The molecule has 0 aromatic heterocycles. The van der Waals surface area contributed by atoms with Gasteiger partial charge in [-0.05, 0) is 23.1 Å². The van der Waals surface area contributed by atoms with Gasteiger partial charge in [-0.15, -0.1) is 0 Å². The largest absolute Gasteiger partial charge is 0.301 e. The van der Waals surface area contributed by atoms with Crippen LogP contribution in [0, 0.1) is 11.3 Å². The first-order valence-electron chi connectivity index (χ1n) is 6.80. The lowest BCUT2D eigenvalue weighted by Crippen LogP contribution is -2.28. The number of amides is 1. The van der Waals surface area contributed by atoms with Crippen LogP contribution in [0.4, 0.5) is 0 Å². The number of hydrogen-bond acceptors (Lipinski definition) is 4. The topological polar surface area (TPSA) is 65.2 Å². The Labute approximate surface area is 129 Å². The van der Waals surface area contributed by atoms with Gasteiger partial charge in [0.25, 0.3) is 5.91 Å². The molecule has 0 spiro atoms. The van der Waals surface area contributed by atoms with E-state index in [2.05, 4.69) is 24.2 Å². The van der Waals surface area contributed by atoms with Crippen LogP contribution in [0.2, 0.25) is 0 Å². The fourth-order valence-electron chi connectivity index (χ4n) is 1.87. The number of amidine groups is 1. The third-order valence-electron chi connectivity index (χ3n) is 3.09. The first-order valence-corrected chi connectivity index (χ1v) is 7.79. The molecular formula is C16H17N3OS. The van der Waals surface area contributed by atoms with Crippen molar-refractivity contribution < 1.29 is 4.79 Å². The van der Waals surface area contributed by atoms with Gasteiger partial charge in [0.05, 0.1) is 6.54 Å². The third kappa shape index (κ3) is 4.20. The van der Waals surface area contributed by atoms with E-state index in [0.29, 0.717) is 17.6 Å². The van der Waals surface area contributed by atoms with Crippen LogP contribution in [0.3, 0.4) is 0 Å². The van der Waals surface area contributed by atoms with Crippen molar-refractivity contribution in [2.45, 2.75) is 19.8 Å². The molecule has 1 N–H and O–H groups in total. The van der Waals surface area contributed by atoms with Crippen LogP contribution in [0.25, 0.3) is 6.08 Å². The Bertz CT molecular complexity index is 624. The molecule has 0 atom stereocenters. The summed E-state index contributed by atoms with van der Waals surface area (Å²) in [7, 11) is 0. The van der Waals surface area contributed by atoms with Gasteiger partial charge in [-0.25, -0.2) is 0 Å². The molecule has 4 nitrogen and oxygen atoms in total. The van der Waals surface area contributed by atoms with E-state index in [-0.39, 0.29) is 5.57 Å². The molecule has 1 heterocycles. The lowest BCUT2D eigenvalue weighted by molar-refractivity contribution is -0.115. The van der Waals surface area contributed by atoms with E-state index >= 15 is 0 Å². The highest BCUT2D eigenvalue weighted by atomic mass is 32.2. The van der Waals surface area contributed by atoms with Gasteiger partial charge in [0.15, 0.2) is 5.17 Å². The minimum atomic E-state index is -0.404. The number of hydrogen-bond donors (Lipinski definition) is 1. The Hall–Kier alpha value is -2.06. The van der Waals surface area contributed by atoms with Crippen molar-refractivity contribution in [2.24, 2.45) is 4.99 Å². The summed E-state index contributed by atoms with van der Waals surface area (Å²) in [5, 5.41) is 12.4. The minimum Gasteiger partial charge on any atom is -0.301 e. The van der Waals surface area contributed by atoms with Crippen LogP contribution < -0.4 is 5.32 Å². The van der Waals surface area contributed by atoms with E-state index in [9.17, 15) is 4.79 Å². The van der Waals surface area contributed by atoms with Crippen molar-refractivity contribution in [1.82, 2.24) is 5.32 Å². The summed E-state index contributed by atoms with van der Waals surface area (Å²) in [6, 6.07) is 9.81. The Morgan fingerprint density at radius 2 is 2.14 bits per heavy atom. The number of benzene rings is 1. The highest BCUT2D eigenvalue weighted by Gasteiger charge is 2.14. The molecule has 0 aliphatic carbocycles. The van der Waals surface area contributed by atoms with Crippen LogP contribution >= 0.6 is 11.8 Å². The number of nitrogens with one attached hydrogen (secondary N) is 1. The molecule has 0 unspecified atom stereocenters. The second-order valence-electron chi connectivity index (χ2n) is 4.98. The predicted octanol–water partition coefficient (Wildman–Crippen LogP) is 2.94. The van der Waals surface area contributed by atoms with Gasteiger partial charge < -0.3 is 5.32 Å². The average Bonchev–Trinajstić information content (AvgIpc) is 2.98. The molecule has 1 amide bonds. The second kappa shape index (κ2) is 7.09. The monoisotopic (exact) mass is 299 g/mol. The van der Waals surface area contributed by atoms with Gasteiger partial charge in [-0.3, -0.25) is 9.79 Å². The maximum atomic E-state index is 12.0. The fourth-order valence-corrected chi connectivity index (χ4v) is 2.59. The standard InChI is InChI=1S/C16H17N3OS/c1-11(2)13-5-3-12(4-6-13)9-14(10-17)15(20)19-16-18-7-8-21-16/h3-6,9,11H,7-8H2,1-2H3,(H,18,19,20)/b14-9+. The van der Waals surface area contributed by atoms with Crippen LogP contribution in [-0.4, -0.2) is 23.4 Å². The van der Waals surface area contributed by atoms with Gasteiger partial charge in [0, 0.05) is 5.75 Å². The van der Waals surface area contributed by atoms with E-state index in [4.69, 9.17) is 5.26 Å². The van der Waals surface area contributed by atoms with Crippen LogP contribution in [0.15, 0.2) is 34.8 Å². The molecule has 0 bridgehead atoms. The maximum absolute atomic E-state index is 12.0. The first kappa shape index (κ1) is 15.3. The molecule has 0 saturated heterocycles. The van der Waals surface area contributed by atoms with Crippen LogP contribution in [-0.2, 0) is 4.79 Å². The van der Waals surface area contributed by atoms with Crippen LogP contribution in [0.1, 0.15) is 30.9 Å². The molecule has 1 aromatic carbocycles. The second-order valence-corrected chi connectivity index (χ2v) is 6.06.